The predicted molar refractivity (Wildman–Crippen MR) is 128 cm³/mol. The number of amides is 1. The monoisotopic (exact) mass is 452 g/mol. The third-order valence-corrected chi connectivity index (χ3v) is 5.33. The zero-order valence-corrected chi connectivity index (χ0v) is 20.4. The van der Waals surface area contributed by atoms with Gasteiger partial charge < -0.3 is 9.47 Å². The van der Waals surface area contributed by atoms with Crippen LogP contribution in [-0.4, -0.2) is 35.3 Å². The third-order valence-electron chi connectivity index (χ3n) is 5.33. The molecule has 1 amide bonds. The largest absolute Gasteiger partial charge is 0.478 e. The highest BCUT2D eigenvalue weighted by Gasteiger charge is 2.23. The molecule has 8 nitrogen and oxygen atoms in total. The number of aromatic nitrogens is 2. The highest BCUT2D eigenvalue weighted by Crippen LogP contribution is 2.24. The van der Waals surface area contributed by atoms with Crippen molar-refractivity contribution < 1.29 is 19.1 Å². The molecule has 0 unspecified atom stereocenters. The van der Waals surface area contributed by atoms with Crippen LogP contribution in [0.2, 0.25) is 0 Å². The normalized spacial score (nSPS) is 10.7. The number of hydrogen-bond acceptors (Lipinski definition) is 6. The van der Waals surface area contributed by atoms with E-state index >= 15 is 0 Å². The van der Waals surface area contributed by atoms with Gasteiger partial charge in [0.1, 0.15) is 0 Å². The Kier molecular flexibility index (Phi) is 15.9. The van der Waals surface area contributed by atoms with Crippen molar-refractivity contribution in [3.63, 3.8) is 0 Å². The number of aromatic amines is 1. The molecule has 184 valence electrons. The number of carbonyl (C=O) groups excluding carboxylic acids is 2. The molecule has 8 heteroatoms. The number of esters is 1. The number of ether oxygens (including phenoxy) is 2. The van der Waals surface area contributed by atoms with Crippen LogP contribution in [0.3, 0.4) is 0 Å². The second-order valence-electron chi connectivity index (χ2n) is 8.10. The molecule has 1 aromatic rings. The molecule has 0 aromatic carbocycles. The van der Waals surface area contributed by atoms with Crippen LogP contribution in [-0.2, 0) is 9.53 Å². The van der Waals surface area contributed by atoms with Crippen molar-refractivity contribution >= 4 is 17.7 Å². The SMILES string of the molecule is CCCCCCCCCCCCCCCC(=O)NNc1n[nH]c(OCC)c1C(=O)OCC. The van der Waals surface area contributed by atoms with Crippen LogP contribution in [0.5, 0.6) is 5.88 Å². The molecule has 3 N–H and O–H groups in total. The Labute approximate surface area is 193 Å². The summed E-state index contributed by atoms with van der Waals surface area (Å²) in [4.78, 5) is 24.3. The molecule has 0 aliphatic carbocycles. The van der Waals surface area contributed by atoms with Crippen LogP contribution in [0.1, 0.15) is 121 Å². The summed E-state index contributed by atoms with van der Waals surface area (Å²) in [6.45, 7) is 6.40. The first kappa shape index (κ1) is 27.8. The lowest BCUT2D eigenvalue weighted by molar-refractivity contribution is -0.120. The van der Waals surface area contributed by atoms with Crippen LogP contribution in [0.15, 0.2) is 0 Å². The van der Waals surface area contributed by atoms with Gasteiger partial charge in [-0.25, -0.2) is 9.89 Å². The Hall–Kier alpha value is -2.25. The molecule has 0 fully saturated rings. The molecular formula is C24H44N4O4. The number of hydrazine groups is 1. The van der Waals surface area contributed by atoms with Gasteiger partial charge in [-0.1, -0.05) is 84.0 Å². The molecule has 0 radical (unpaired) electrons. The summed E-state index contributed by atoms with van der Waals surface area (Å²) in [6.07, 6.45) is 16.9. The van der Waals surface area contributed by atoms with Crippen molar-refractivity contribution in [3.05, 3.63) is 5.56 Å². The molecule has 0 atom stereocenters. The first-order valence-electron chi connectivity index (χ1n) is 12.6. The van der Waals surface area contributed by atoms with Gasteiger partial charge in [0, 0.05) is 6.42 Å². The molecule has 0 spiro atoms. The number of rotatable bonds is 20. The Morgan fingerprint density at radius 1 is 0.812 bits per heavy atom. The topological polar surface area (TPSA) is 105 Å². The fourth-order valence-electron chi connectivity index (χ4n) is 3.55. The van der Waals surface area contributed by atoms with E-state index in [1.54, 1.807) is 13.8 Å². The Balaban J connectivity index is 2.13. The second kappa shape index (κ2) is 18.3. The molecule has 0 aliphatic heterocycles. The van der Waals surface area contributed by atoms with Crippen molar-refractivity contribution in [3.8, 4) is 5.88 Å². The number of nitrogens with one attached hydrogen (secondary N) is 3. The lowest BCUT2D eigenvalue weighted by atomic mass is 10.0. The average molecular weight is 453 g/mol. The summed E-state index contributed by atoms with van der Waals surface area (Å²) in [5.41, 5.74) is 5.45. The minimum Gasteiger partial charge on any atom is -0.478 e. The average Bonchev–Trinajstić information content (AvgIpc) is 3.18. The molecule has 0 aliphatic rings. The second-order valence-corrected chi connectivity index (χ2v) is 8.10. The predicted octanol–water partition coefficient (Wildman–Crippen LogP) is 5.91. The summed E-state index contributed by atoms with van der Waals surface area (Å²) in [7, 11) is 0. The minimum atomic E-state index is -0.557. The molecule has 1 heterocycles. The Bertz CT molecular complexity index is 634. The van der Waals surface area contributed by atoms with E-state index in [0.717, 1.165) is 12.8 Å². The van der Waals surface area contributed by atoms with Crippen molar-refractivity contribution in [2.45, 2.75) is 111 Å². The Morgan fingerprint density at radius 2 is 1.38 bits per heavy atom. The number of hydrogen-bond donors (Lipinski definition) is 3. The molecule has 0 bridgehead atoms. The van der Waals surface area contributed by atoms with E-state index < -0.39 is 5.97 Å². The minimum absolute atomic E-state index is 0.135. The van der Waals surface area contributed by atoms with E-state index in [9.17, 15) is 9.59 Å². The van der Waals surface area contributed by atoms with Gasteiger partial charge in [0.05, 0.1) is 13.2 Å². The number of H-pyrrole nitrogens is 1. The smallest absolute Gasteiger partial charge is 0.347 e. The van der Waals surface area contributed by atoms with Crippen molar-refractivity contribution in [2.24, 2.45) is 0 Å². The standard InChI is InChI=1S/C24H44N4O4/c1-4-7-8-9-10-11-12-13-14-15-16-17-18-19-20(29)25-26-22-21(24(30)32-6-3)23(28-27-22)31-5-2/h4-19H2,1-3H3,(H,25,29)(H2,26,27,28). The Morgan fingerprint density at radius 3 is 1.91 bits per heavy atom. The van der Waals surface area contributed by atoms with Gasteiger partial charge >= 0.3 is 5.97 Å². The fourth-order valence-corrected chi connectivity index (χ4v) is 3.55. The van der Waals surface area contributed by atoms with E-state index in [4.69, 9.17) is 9.47 Å². The van der Waals surface area contributed by atoms with Crippen LogP contribution >= 0.6 is 0 Å². The molecule has 1 aromatic heterocycles. The van der Waals surface area contributed by atoms with Gasteiger partial charge in [0.15, 0.2) is 11.4 Å². The lowest BCUT2D eigenvalue weighted by Crippen LogP contribution is -2.30. The van der Waals surface area contributed by atoms with Gasteiger partial charge in [-0.15, -0.1) is 0 Å². The van der Waals surface area contributed by atoms with E-state index in [2.05, 4.69) is 28.0 Å². The van der Waals surface area contributed by atoms with Crippen molar-refractivity contribution in [1.82, 2.24) is 15.6 Å². The van der Waals surface area contributed by atoms with E-state index in [1.807, 2.05) is 0 Å². The van der Waals surface area contributed by atoms with E-state index in [0.29, 0.717) is 13.0 Å². The van der Waals surface area contributed by atoms with Gasteiger partial charge in [-0.05, 0) is 20.3 Å². The summed E-state index contributed by atoms with van der Waals surface area (Å²) in [5.74, 6) is -0.286. The van der Waals surface area contributed by atoms with Gasteiger partial charge in [-0.3, -0.25) is 15.6 Å². The van der Waals surface area contributed by atoms with Gasteiger partial charge in [-0.2, -0.15) is 5.10 Å². The zero-order chi connectivity index (χ0) is 23.4. The highest BCUT2D eigenvalue weighted by atomic mass is 16.5. The molecule has 32 heavy (non-hydrogen) atoms. The van der Waals surface area contributed by atoms with Gasteiger partial charge in [0.25, 0.3) is 0 Å². The maximum Gasteiger partial charge on any atom is 0.347 e. The fraction of sp³-hybridized carbons (Fsp3) is 0.792. The summed E-state index contributed by atoms with van der Waals surface area (Å²) in [6, 6.07) is 0. The summed E-state index contributed by atoms with van der Waals surface area (Å²) >= 11 is 0. The van der Waals surface area contributed by atoms with Crippen LogP contribution in [0, 0.1) is 0 Å². The zero-order valence-electron chi connectivity index (χ0n) is 20.4. The maximum absolute atomic E-state index is 12.2. The number of unbranched alkanes of at least 4 members (excludes halogenated alkanes) is 12. The van der Waals surface area contributed by atoms with Crippen LogP contribution in [0.4, 0.5) is 5.82 Å². The maximum atomic E-state index is 12.2. The third kappa shape index (κ3) is 12.0. The van der Waals surface area contributed by atoms with Crippen LogP contribution in [0.25, 0.3) is 0 Å². The van der Waals surface area contributed by atoms with Gasteiger partial charge in [0.2, 0.25) is 11.8 Å². The molecular weight excluding hydrogens is 408 g/mol. The van der Waals surface area contributed by atoms with E-state index in [1.165, 1.54) is 70.6 Å². The first-order valence-corrected chi connectivity index (χ1v) is 12.6. The van der Waals surface area contributed by atoms with Crippen molar-refractivity contribution in [1.29, 1.82) is 0 Å². The molecule has 0 saturated heterocycles. The number of anilines is 1. The summed E-state index contributed by atoms with van der Waals surface area (Å²) in [5, 5.41) is 6.65. The van der Waals surface area contributed by atoms with E-state index in [-0.39, 0.29) is 29.8 Å². The number of carbonyl (C=O) groups is 2. The number of nitrogens with zero attached hydrogens (tertiary/aromatic N) is 1. The summed E-state index contributed by atoms with van der Waals surface area (Å²) < 4.78 is 10.4. The quantitative estimate of drug-likeness (QED) is 0.129. The highest BCUT2D eigenvalue weighted by molar-refractivity contribution is 5.97. The first-order chi connectivity index (χ1) is 15.6. The lowest BCUT2D eigenvalue weighted by Gasteiger charge is -2.09. The molecule has 0 saturated carbocycles. The van der Waals surface area contributed by atoms with Crippen LogP contribution < -0.4 is 15.6 Å². The van der Waals surface area contributed by atoms with Crippen molar-refractivity contribution in [2.75, 3.05) is 18.6 Å². The molecule has 1 rings (SSSR count).